The van der Waals surface area contributed by atoms with E-state index >= 15 is 0 Å². The molecule has 3 aromatic rings. The molecule has 102 valence electrons. The van der Waals surface area contributed by atoms with Gasteiger partial charge in [0.15, 0.2) is 0 Å². The van der Waals surface area contributed by atoms with Gasteiger partial charge in [-0.05, 0) is 30.5 Å². The Labute approximate surface area is 116 Å². The number of hydrogen-bond acceptors (Lipinski definition) is 4. The molecule has 0 aliphatic rings. The van der Waals surface area contributed by atoms with E-state index in [-0.39, 0.29) is 6.04 Å². The van der Waals surface area contributed by atoms with E-state index in [9.17, 15) is 0 Å². The third-order valence-corrected chi connectivity index (χ3v) is 3.18. The Bertz CT molecular complexity index is 646. The van der Waals surface area contributed by atoms with E-state index in [1.165, 1.54) is 5.56 Å². The van der Waals surface area contributed by atoms with Crippen LogP contribution in [0, 0.1) is 0 Å². The lowest BCUT2D eigenvalue weighted by molar-refractivity contribution is 0.349. The van der Waals surface area contributed by atoms with E-state index in [0.717, 1.165) is 18.5 Å². The first-order chi connectivity index (χ1) is 9.83. The highest BCUT2D eigenvalue weighted by atomic mass is 16.5. The number of H-pyrrole nitrogens is 1. The Morgan fingerprint density at radius 3 is 2.75 bits per heavy atom. The van der Waals surface area contributed by atoms with Crippen molar-refractivity contribution in [3.05, 3.63) is 60.1 Å². The summed E-state index contributed by atoms with van der Waals surface area (Å²) in [6.07, 6.45) is 3.49. The molecular weight excluding hydrogens is 252 g/mol. The van der Waals surface area contributed by atoms with Crippen molar-refractivity contribution in [1.29, 1.82) is 0 Å². The number of hydrogen-bond donors (Lipinski definition) is 2. The van der Waals surface area contributed by atoms with Gasteiger partial charge in [-0.3, -0.25) is 0 Å². The van der Waals surface area contributed by atoms with E-state index in [1.54, 1.807) is 0 Å². The minimum atomic E-state index is -0.244. The van der Waals surface area contributed by atoms with Crippen LogP contribution >= 0.6 is 0 Å². The SMILES string of the molecule is N[C@@H](CCc1ccccc1)c1nc(-c2ccc[nH]2)no1. The number of rotatable bonds is 5. The van der Waals surface area contributed by atoms with Crippen LogP contribution in [0.1, 0.15) is 23.9 Å². The van der Waals surface area contributed by atoms with Gasteiger partial charge in [0.2, 0.25) is 11.7 Å². The van der Waals surface area contributed by atoms with Crippen LogP contribution in [0.2, 0.25) is 0 Å². The predicted molar refractivity (Wildman–Crippen MR) is 75.8 cm³/mol. The molecule has 0 fully saturated rings. The largest absolute Gasteiger partial charge is 0.359 e. The number of aromatic nitrogens is 3. The highest BCUT2D eigenvalue weighted by molar-refractivity contribution is 5.47. The van der Waals surface area contributed by atoms with Crippen molar-refractivity contribution in [3.63, 3.8) is 0 Å². The molecule has 0 unspecified atom stereocenters. The summed E-state index contributed by atoms with van der Waals surface area (Å²) in [6.45, 7) is 0. The minimum Gasteiger partial charge on any atom is -0.359 e. The van der Waals surface area contributed by atoms with Crippen LogP contribution in [0.4, 0.5) is 0 Å². The molecule has 0 radical (unpaired) electrons. The number of nitrogens with zero attached hydrogens (tertiary/aromatic N) is 2. The van der Waals surface area contributed by atoms with Crippen LogP contribution in [0.15, 0.2) is 53.2 Å². The molecule has 5 heteroatoms. The average Bonchev–Trinajstić information content (AvgIpc) is 3.16. The molecule has 2 heterocycles. The van der Waals surface area contributed by atoms with Crippen LogP contribution in [0.5, 0.6) is 0 Å². The normalized spacial score (nSPS) is 12.4. The summed E-state index contributed by atoms with van der Waals surface area (Å²) in [5.74, 6) is 1.02. The van der Waals surface area contributed by atoms with Crippen LogP contribution in [0.3, 0.4) is 0 Å². The van der Waals surface area contributed by atoms with Crippen LogP contribution in [-0.2, 0) is 6.42 Å². The summed E-state index contributed by atoms with van der Waals surface area (Å²) in [5.41, 5.74) is 8.19. The van der Waals surface area contributed by atoms with Crippen molar-refractivity contribution >= 4 is 0 Å². The van der Waals surface area contributed by atoms with Crippen molar-refractivity contribution in [2.45, 2.75) is 18.9 Å². The molecule has 0 saturated carbocycles. The summed E-state index contributed by atoms with van der Waals surface area (Å²) < 4.78 is 5.23. The molecule has 3 N–H and O–H groups in total. The maximum Gasteiger partial charge on any atom is 0.243 e. The van der Waals surface area contributed by atoms with Gasteiger partial charge in [0, 0.05) is 6.20 Å². The Hall–Kier alpha value is -2.40. The second-order valence-corrected chi connectivity index (χ2v) is 4.67. The smallest absolute Gasteiger partial charge is 0.243 e. The van der Waals surface area contributed by atoms with Crippen LogP contribution < -0.4 is 5.73 Å². The third kappa shape index (κ3) is 2.78. The molecule has 0 aliphatic carbocycles. The molecule has 3 rings (SSSR count). The maximum absolute atomic E-state index is 6.10. The maximum atomic E-state index is 6.10. The number of benzene rings is 1. The van der Waals surface area contributed by atoms with Crippen molar-refractivity contribution in [2.24, 2.45) is 5.73 Å². The molecule has 2 aromatic heterocycles. The summed E-state index contributed by atoms with van der Waals surface area (Å²) >= 11 is 0. The average molecular weight is 268 g/mol. The highest BCUT2D eigenvalue weighted by Gasteiger charge is 2.15. The number of nitrogens with one attached hydrogen (secondary N) is 1. The number of aromatic amines is 1. The summed E-state index contributed by atoms with van der Waals surface area (Å²) in [5, 5.41) is 3.94. The van der Waals surface area contributed by atoms with Gasteiger partial charge in [0.05, 0.1) is 11.7 Å². The first-order valence-corrected chi connectivity index (χ1v) is 6.60. The zero-order chi connectivity index (χ0) is 13.8. The van der Waals surface area contributed by atoms with Crippen molar-refractivity contribution in [3.8, 4) is 11.5 Å². The molecule has 1 atom stereocenters. The highest BCUT2D eigenvalue weighted by Crippen LogP contribution is 2.19. The van der Waals surface area contributed by atoms with E-state index in [1.807, 2.05) is 36.5 Å². The van der Waals surface area contributed by atoms with Gasteiger partial charge in [0.25, 0.3) is 0 Å². The number of aryl methyl sites for hydroxylation is 1. The van der Waals surface area contributed by atoms with Gasteiger partial charge in [0.1, 0.15) is 0 Å². The quantitative estimate of drug-likeness (QED) is 0.745. The predicted octanol–water partition coefficient (Wildman–Crippen LogP) is 2.70. The zero-order valence-electron chi connectivity index (χ0n) is 11.0. The fraction of sp³-hybridized carbons (Fsp3) is 0.200. The summed E-state index contributed by atoms with van der Waals surface area (Å²) in [4.78, 5) is 7.37. The minimum absolute atomic E-state index is 0.244. The molecule has 0 spiro atoms. The van der Waals surface area contributed by atoms with Gasteiger partial charge in [-0.2, -0.15) is 4.98 Å². The molecule has 5 nitrogen and oxygen atoms in total. The molecule has 20 heavy (non-hydrogen) atoms. The number of nitrogens with two attached hydrogens (primary N) is 1. The van der Waals surface area contributed by atoms with E-state index in [4.69, 9.17) is 10.3 Å². The van der Waals surface area contributed by atoms with Gasteiger partial charge in [-0.15, -0.1) is 0 Å². The first-order valence-electron chi connectivity index (χ1n) is 6.60. The van der Waals surface area contributed by atoms with Crippen LogP contribution in [0.25, 0.3) is 11.5 Å². The molecule has 0 bridgehead atoms. The second-order valence-electron chi connectivity index (χ2n) is 4.67. The Morgan fingerprint density at radius 2 is 2.00 bits per heavy atom. The van der Waals surface area contributed by atoms with Gasteiger partial charge in [-0.1, -0.05) is 35.5 Å². The topological polar surface area (TPSA) is 80.7 Å². The van der Waals surface area contributed by atoms with E-state index in [0.29, 0.717) is 11.7 Å². The van der Waals surface area contributed by atoms with Crippen molar-refractivity contribution < 1.29 is 4.52 Å². The van der Waals surface area contributed by atoms with Crippen molar-refractivity contribution in [1.82, 2.24) is 15.1 Å². The van der Waals surface area contributed by atoms with E-state index in [2.05, 4.69) is 27.3 Å². The second kappa shape index (κ2) is 5.71. The lowest BCUT2D eigenvalue weighted by Crippen LogP contribution is -2.11. The lowest BCUT2D eigenvalue weighted by Gasteiger charge is -2.06. The standard InChI is InChI=1S/C15H16N4O/c16-12(9-8-11-5-2-1-3-6-11)15-18-14(19-20-15)13-7-4-10-17-13/h1-7,10,12,17H,8-9,16H2/t12-/m0/s1. The molecule has 0 aliphatic heterocycles. The summed E-state index contributed by atoms with van der Waals surface area (Å²) in [6, 6.07) is 13.8. The fourth-order valence-electron chi connectivity index (χ4n) is 2.05. The van der Waals surface area contributed by atoms with E-state index < -0.39 is 0 Å². The zero-order valence-corrected chi connectivity index (χ0v) is 11.0. The van der Waals surface area contributed by atoms with Crippen molar-refractivity contribution in [2.75, 3.05) is 0 Å². The Balaban J connectivity index is 1.64. The molecular formula is C15H16N4O. The monoisotopic (exact) mass is 268 g/mol. The van der Waals surface area contributed by atoms with Crippen LogP contribution in [-0.4, -0.2) is 15.1 Å². The lowest BCUT2D eigenvalue weighted by atomic mass is 10.1. The van der Waals surface area contributed by atoms with Gasteiger partial charge < -0.3 is 15.2 Å². The Kier molecular flexibility index (Phi) is 3.60. The molecule has 0 saturated heterocycles. The Morgan fingerprint density at radius 1 is 1.15 bits per heavy atom. The van der Waals surface area contributed by atoms with Gasteiger partial charge in [-0.25, -0.2) is 0 Å². The first kappa shape index (κ1) is 12.6. The van der Waals surface area contributed by atoms with Gasteiger partial charge >= 0.3 is 0 Å². The summed E-state index contributed by atoms with van der Waals surface area (Å²) in [7, 11) is 0. The third-order valence-electron chi connectivity index (χ3n) is 3.18. The fourth-order valence-corrected chi connectivity index (χ4v) is 2.05. The molecule has 1 aromatic carbocycles. The molecule has 0 amide bonds.